The van der Waals surface area contributed by atoms with Crippen LogP contribution in [0.5, 0.6) is 0 Å². The third-order valence-electron chi connectivity index (χ3n) is 2.72. The molecule has 0 radical (unpaired) electrons. The van der Waals surface area contributed by atoms with E-state index in [2.05, 4.69) is 6.58 Å². The van der Waals surface area contributed by atoms with E-state index in [-0.39, 0.29) is 5.91 Å². The van der Waals surface area contributed by atoms with Crippen molar-refractivity contribution in [3.63, 3.8) is 0 Å². The van der Waals surface area contributed by atoms with Crippen LogP contribution in [0, 0.1) is 5.92 Å². The Morgan fingerprint density at radius 1 is 1.47 bits per heavy atom. The lowest BCUT2D eigenvalue weighted by Crippen LogP contribution is -2.30. The molecule has 17 heavy (non-hydrogen) atoms. The third-order valence-corrected chi connectivity index (χ3v) is 2.72. The van der Waals surface area contributed by atoms with E-state index in [0.717, 1.165) is 0 Å². The maximum atomic E-state index is 12.1. The molecule has 1 unspecified atom stereocenters. The van der Waals surface area contributed by atoms with E-state index >= 15 is 0 Å². The highest BCUT2D eigenvalue weighted by atomic mass is 16.4. The summed E-state index contributed by atoms with van der Waals surface area (Å²) < 4.78 is 0. The van der Waals surface area contributed by atoms with Gasteiger partial charge in [-0.05, 0) is 13.3 Å². The summed E-state index contributed by atoms with van der Waals surface area (Å²) in [4.78, 5) is 24.4. The van der Waals surface area contributed by atoms with Crippen LogP contribution in [-0.2, 0) is 9.59 Å². The van der Waals surface area contributed by atoms with Crippen molar-refractivity contribution in [2.45, 2.75) is 13.3 Å². The monoisotopic (exact) mass is 235 g/mol. The van der Waals surface area contributed by atoms with E-state index in [1.807, 2.05) is 6.92 Å². The summed E-state index contributed by atoms with van der Waals surface area (Å²) in [5.74, 6) is -1.40. The van der Waals surface area contributed by atoms with Crippen LogP contribution in [0.3, 0.4) is 0 Å². The van der Waals surface area contributed by atoms with Gasteiger partial charge in [-0.3, -0.25) is 9.59 Å². The molecular weight excluding hydrogens is 218 g/mol. The lowest BCUT2D eigenvalue weighted by Gasteiger charge is -2.16. The Bertz CT molecular complexity index is 382. The fourth-order valence-corrected chi connectivity index (χ4v) is 1.83. The summed E-state index contributed by atoms with van der Waals surface area (Å²) in [7, 11) is 0. The van der Waals surface area contributed by atoms with Gasteiger partial charge in [0.1, 0.15) is 0 Å². The van der Waals surface area contributed by atoms with E-state index in [0.29, 0.717) is 25.1 Å². The van der Waals surface area contributed by atoms with Gasteiger partial charge in [0.25, 0.3) is 5.91 Å². The minimum atomic E-state index is -0.833. The van der Waals surface area contributed by atoms with Gasteiger partial charge in [-0.15, -0.1) is 0 Å². The Labute approximate surface area is 101 Å². The zero-order chi connectivity index (χ0) is 12.8. The van der Waals surface area contributed by atoms with Gasteiger partial charge in [0.05, 0.1) is 5.92 Å². The average Bonchev–Trinajstić information content (AvgIpc) is 2.77. The second-order valence-corrected chi connectivity index (χ2v) is 3.93. The van der Waals surface area contributed by atoms with Gasteiger partial charge in [-0.1, -0.05) is 30.9 Å². The topological polar surface area (TPSA) is 57.6 Å². The Balaban J connectivity index is 2.74. The van der Waals surface area contributed by atoms with Gasteiger partial charge in [0.15, 0.2) is 0 Å². The van der Waals surface area contributed by atoms with Gasteiger partial charge in [0.2, 0.25) is 0 Å². The molecule has 1 atom stereocenters. The fourth-order valence-electron chi connectivity index (χ4n) is 1.83. The molecule has 1 aliphatic rings. The number of carbonyl (C=O) groups excluding carboxylic acids is 1. The number of carboxylic acid groups (broad SMARTS) is 1. The molecule has 1 fully saturated rings. The molecule has 1 saturated heterocycles. The summed E-state index contributed by atoms with van der Waals surface area (Å²) in [5, 5.41) is 8.88. The highest BCUT2D eigenvalue weighted by molar-refractivity contribution is 5.97. The molecular formula is C13H17NO3. The number of allylic oxidation sites excluding steroid dienone is 3. The molecule has 0 bridgehead atoms. The largest absolute Gasteiger partial charge is 0.481 e. The number of amides is 1. The number of carboxylic acids is 1. The minimum absolute atomic E-state index is 0.133. The molecule has 1 aliphatic heterocycles. The Morgan fingerprint density at radius 2 is 2.18 bits per heavy atom. The average molecular weight is 235 g/mol. The van der Waals surface area contributed by atoms with E-state index in [4.69, 9.17) is 5.11 Å². The summed E-state index contributed by atoms with van der Waals surface area (Å²) >= 11 is 0. The zero-order valence-corrected chi connectivity index (χ0v) is 9.93. The first kappa shape index (κ1) is 13.2. The molecule has 1 N–H and O–H groups in total. The summed E-state index contributed by atoms with van der Waals surface area (Å²) in [6.07, 6.45) is 7.20. The molecule has 1 heterocycles. The zero-order valence-electron chi connectivity index (χ0n) is 9.93. The van der Waals surface area contributed by atoms with Crippen molar-refractivity contribution in [1.29, 1.82) is 0 Å². The van der Waals surface area contributed by atoms with Crippen LogP contribution in [0.25, 0.3) is 0 Å². The van der Waals surface area contributed by atoms with Crippen LogP contribution < -0.4 is 0 Å². The molecule has 0 aromatic rings. The predicted octanol–water partition coefficient (Wildman–Crippen LogP) is 1.61. The molecule has 4 heteroatoms. The molecule has 0 aliphatic carbocycles. The molecule has 1 rings (SSSR count). The smallest absolute Gasteiger partial charge is 0.308 e. The normalized spacial score (nSPS) is 20.9. The molecule has 0 aromatic heterocycles. The van der Waals surface area contributed by atoms with Crippen molar-refractivity contribution >= 4 is 11.9 Å². The molecule has 4 nitrogen and oxygen atoms in total. The number of carbonyl (C=O) groups is 2. The highest BCUT2D eigenvalue weighted by Gasteiger charge is 2.31. The fraction of sp³-hybridized carbons (Fsp3) is 0.385. The van der Waals surface area contributed by atoms with E-state index < -0.39 is 11.9 Å². The Morgan fingerprint density at radius 3 is 2.65 bits per heavy atom. The van der Waals surface area contributed by atoms with Crippen molar-refractivity contribution < 1.29 is 14.7 Å². The summed E-state index contributed by atoms with van der Waals surface area (Å²) in [6.45, 7) is 6.18. The van der Waals surface area contributed by atoms with Crippen LogP contribution in [0.2, 0.25) is 0 Å². The first-order chi connectivity index (χ1) is 8.10. The summed E-state index contributed by atoms with van der Waals surface area (Å²) in [5.41, 5.74) is 0.536. The molecule has 0 spiro atoms. The first-order valence-corrected chi connectivity index (χ1v) is 5.57. The lowest BCUT2D eigenvalue weighted by molar-refractivity contribution is -0.141. The number of rotatable bonds is 4. The molecule has 1 amide bonds. The number of hydrogen-bond donors (Lipinski definition) is 1. The van der Waals surface area contributed by atoms with Crippen molar-refractivity contribution in [3.05, 3.63) is 36.5 Å². The van der Waals surface area contributed by atoms with Gasteiger partial charge >= 0.3 is 5.97 Å². The number of likely N-dealkylation sites (tertiary alicyclic amines) is 1. The van der Waals surface area contributed by atoms with Crippen LogP contribution >= 0.6 is 0 Å². The second-order valence-electron chi connectivity index (χ2n) is 3.93. The highest BCUT2D eigenvalue weighted by Crippen LogP contribution is 2.18. The quantitative estimate of drug-likeness (QED) is 0.595. The second kappa shape index (κ2) is 6.03. The van der Waals surface area contributed by atoms with Crippen molar-refractivity contribution in [1.82, 2.24) is 4.90 Å². The third kappa shape index (κ3) is 3.31. The van der Waals surface area contributed by atoms with Gasteiger partial charge in [-0.2, -0.15) is 0 Å². The number of hydrogen-bond acceptors (Lipinski definition) is 2. The van der Waals surface area contributed by atoms with E-state index in [9.17, 15) is 9.59 Å². The van der Waals surface area contributed by atoms with Crippen LogP contribution in [0.1, 0.15) is 13.3 Å². The van der Waals surface area contributed by atoms with Gasteiger partial charge in [-0.25, -0.2) is 0 Å². The molecule has 92 valence electrons. The van der Waals surface area contributed by atoms with Crippen LogP contribution in [-0.4, -0.2) is 35.0 Å². The Kier molecular flexibility index (Phi) is 4.69. The van der Waals surface area contributed by atoms with Crippen molar-refractivity contribution in [2.75, 3.05) is 13.1 Å². The maximum Gasteiger partial charge on any atom is 0.308 e. The van der Waals surface area contributed by atoms with Gasteiger partial charge < -0.3 is 10.0 Å². The van der Waals surface area contributed by atoms with Gasteiger partial charge in [0, 0.05) is 18.7 Å². The van der Waals surface area contributed by atoms with E-state index in [1.54, 1.807) is 29.2 Å². The predicted molar refractivity (Wildman–Crippen MR) is 65.4 cm³/mol. The van der Waals surface area contributed by atoms with Crippen molar-refractivity contribution in [2.24, 2.45) is 5.92 Å². The van der Waals surface area contributed by atoms with Crippen LogP contribution in [0.4, 0.5) is 0 Å². The lowest BCUT2D eigenvalue weighted by atomic mass is 10.1. The Hall–Kier alpha value is -1.84. The number of aliphatic carboxylic acids is 1. The van der Waals surface area contributed by atoms with Crippen LogP contribution in [0.15, 0.2) is 36.5 Å². The summed E-state index contributed by atoms with van der Waals surface area (Å²) in [6, 6.07) is 0. The number of nitrogens with zero attached hydrogens (tertiary/aromatic N) is 1. The molecule has 0 saturated carbocycles. The maximum absolute atomic E-state index is 12.1. The van der Waals surface area contributed by atoms with E-state index in [1.165, 1.54) is 0 Å². The first-order valence-electron chi connectivity index (χ1n) is 5.57. The molecule has 0 aromatic carbocycles. The van der Waals surface area contributed by atoms with Crippen molar-refractivity contribution in [3.8, 4) is 0 Å². The minimum Gasteiger partial charge on any atom is -0.481 e. The standard InChI is InChI=1S/C13H17NO3/c1-3-5-10(6-4-2)12(15)14-8-7-11(9-14)13(16)17/h3-6,11H,1,7-9H2,2H3,(H,16,17)/b6-4-,10-5+. The SMILES string of the molecule is C=C/C=C(\C=C/C)C(=O)N1CCC(C(=O)O)C1.